The van der Waals surface area contributed by atoms with Crippen molar-refractivity contribution in [3.8, 4) is 0 Å². The lowest BCUT2D eigenvalue weighted by Gasteiger charge is -2.17. The van der Waals surface area contributed by atoms with Crippen LogP contribution in [0.15, 0.2) is 12.1 Å². The first-order valence-corrected chi connectivity index (χ1v) is 6.38. The topological polar surface area (TPSA) is 17.8 Å². The molecule has 0 bridgehead atoms. The molecule has 96 valence electrons. The molecule has 3 rings (SSSR count). The number of imidazole rings is 1. The fraction of sp³-hybridized carbons (Fsp3) is 0.462. The van der Waals surface area contributed by atoms with Gasteiger partial charge in [-0.1, -0.05) is 0 Å². The molecular formula is C13H13ClF2N2. The third-order valence-corrected chi connectivity index (χ3v) is 3.80. The molecule has 0 saturated heterocycles. The Hall–Kier alpha value is -1.16. The van der Waals surface area contributed by atoms with Crippen molar-refractivity contribution in [2.45, 2.75) is 37.6 Å². The molecule has 0 spiro atoms. The Morgan fingerprint density at radius 3 is 2.61 bits per heavy atom. The summed E-state index contributed by atoms with van der Waals surface area (Å²) in [5.41, 5.74) is 0.518. The number of hydrogen-bond donors (Lipinski definition) is 0. The first-order valence-electron chi connectivity index (χ1n) is 5.95. The fourth-order valence-electron chi connectivity index (χ4n) is 2.34. The van der Waals surface area contributed by atoms with Gasteiger partial charge in [-0.15, -0.1) is 11.6 Å². The Labute approximate surface area is 109 Å². The Morgan fingerprint density at radius 1 is 1.39 bits per heavy atom. The quantitative estimate of drug-likeness (QED) is 0.751. The second-order valence-electron chi connectivity index (χ2n) is 5.15. The predicted octanol–water partition coefficient (Wildman–Crippen LogP) is 4.12. The van der Waals surface area contributed by atoms with E-state index in [0.717, 1.165) is 18.9 Å². The summed E-state index contributed by atoms with van der Waals surface area (Å²) in [7, 11) is 0. The molecule has 1 aromatic heterocycles. The number of hydrogen-bond acceptors (Lipinski definition) is 1. The first kappa shape index (κ1) is 11.9. The molecule has 18 heavy (non-hydrogen) atoms. The third-order valence-electron chi connectivity index (χ3n) is 3.60. The van der Waals surface area contributed by atoms with E-state index < -0.39 is 11.6 Å². The third kappa shape index (κ3) is 1.55. The highest BCUT2D eigenvalue weighted by molar-refractivity contribution is 6.20. The van der Waals surface area contributed by atoms with Gasteiger partial charge in [0, 0.05) is 5.54 Å². The molecule has 1 heterocycles. The van der Waals surface area contributed by atoms with Crippen molar-refractivity contribution in [1.82, 2.24) is 9.55 Å². The zero-order valence-corrected chi connectivity index (χ0v) is 10.9. The van der Waals surface area contributed by atoms with Crippen LogP contribution in [0.5, 0.6) is 0 Å². The van der Waals surface area contributed by atoms with Crippen LogP contribution in [-0.4, -0.2) is 9.55 Å². The number of halogens is 3. The van der Waals surface area contributed by atoms with E-state index in [1.807, 2.05) is 6.92 Å². The molecule has 1 saturated carbocycles. The summed E-state index contributed by atoms with van der Waals surface area (Å²) in [6.07, 6.45) is 1.87. The van der Waals surface area contributed by atoms with E-state index in [2.05, 4.69) is 4.98 Å². The van der Waals surface area contributed by atoms with E-state index in [9.17, 15) is 8.78 Å². The van der Waals surface area contributed by atoms with Crippen LogP contribution < -0.4 is 0 Å². The van der Waals surface area contributed by atoms with Gasteiger partial charge in [-0.25, -0.2) is 13.8 Å². The standard InChI is InChI=1S/C13H13ClF2N2/c1-7(14)12-17-9-4-3-8(15)10(16)11(9)18(12)13(2)5-6-13/h3-4,7H,5-6H2,1-2H3. The highest BCUT2D eigenvalue weighted by Gasteiger charge is 2.43. The van der Waals surface area contributed by atoms with Crippen LogP contribution >= 0.6 is 11.6 Å². The van der Waals surface area contributed by atoms with E-state index in [1.165, 1.54) is 6.07 Å². The number of alkyl halides is 1. The average Bonchev–Trinajstić information content (AvgIpc) is 2.92. The van der Waals surface area contributed by atoms with E-state index in [0.29, 0.717) is 11.3 Å². The molecular weight excluding hydrogens is 258 g/mol. The van der Waals surface area contributed by atoms with Crippen molar-refractivity contribution in [2.24, 2.45) is 0 Å². The maximum absolute atomic E-state index is 14.0. The van der Waals surface area contributed by atoms with Crippen LogP contribution in [0.4, 0.5) is 8.78 Å². The summed E-state index contributed by atoms with van der Waals surface area (Å²) in [6, 6.07) is 2.60. The molecule has 1 aliphatic carbocycles. The second-order valence-corrected chi connectivity index (χ2v) is 5.80. The van der Waals surface area contributed by atoms with E-state index >= 15 is 0 Å². The van der Waals surface area contributed by atoms with Gasteiger partial charge >= 0.3 is 0 Å². The summed E-state index contributed by atoms with van der Waals surface area (Å²) < 4.78 is 29.2. The largest absolute Gasteiger partial charge is 0.318 e. The van der Waals surface area contributed by atoms with Crippen LogP contribution in [0, 0.1) is 11.6 Å². The zero-order chi connectivity index (χ0) is 13.1. The molecule has 1 fully saturated rings. The van der Waals surface area contributed by atoms with Gasteiger partial charge in [0.2, 0.25) is 0 Å². The van der Waals surface area contributed by atoms with Gasteiger partial charge in [-0.05, 0) is 38.8 Å². The SMILES string of the molecule is CC(Cl)c1nc2ccc(F)c(F)c2n1C1(C)CC1. The molecule has 2 aromatic rings. The number of benzene rings is 1. The first-order chi connectivity index (χ1) is 8.44. The number of rotatable bonds is 2. The minimum Gasteiger partial charge on any atom is -0.318 e. The lowest BCUT2D eigenvalue weighted by atomic mass is 10.2. The maximum atomic E-state index is 14.0. The molecule has 0 amide bonds. The number of aromatic nitrogens is 2. The normalized spacial score (nSPS) is 19.2. The molecule has 2 nitrogen and oxygen atoms in total. The average molecular weight is 271 g/mol. The summed E-state index contributed by atoms with van der Waals surface area (Å²) in [4.78, 5) is 4.34. The van der Waals surface area contributed by atoms with Gasteiger partial charge in [-0.2, -0.15) is 0 Å². The Balaban J connectivity index is 2.40. The highest BCUT2D eigenvalue weighted by atomic mass is 35.5. The van der Waals surface area contributed by atoms with E-state index in [-0.39, 0.29) is 16.4 Å². The zero-order valence-electron chi connectivity index (χ0n) is 10.2. The monoisotopic (exact) mass is 270 g/mol. The Morgan fingerprint density at radius 2 is 2.06 bits per heavy atom. The van der Waals surface area contributed by atoms with Gasteiger partial charge < -0.3 is 4.57 Å². The molecule has 0 N–H and O–H groups in total. The van der Waals surface area contributed by atoms with Crippen LogP contribution in [0.1, 0.15) is 37.9 Å². The van der Waals surface area contributed by atoms with Gasteiger partial charge in [0.1, 0.15) is 11.3 Å². The van der Waals surface area contributed by atoms with Gasteiger partial charge in [0.05, 0.1) is 10.9 Å². The molecule has 0 aliphatic heterocycles. The Kier molecular flexibility index (Phi) is 2.43. The van der Waals surface area contributed by atoms with Crippen LogP contribution in [0.2, 0.25) is 0 Å². The molecule has 1 aliphatic rings. The van der Waals surface area contributed by atoms with E-state index in [1.54, 1.807) is 11.5 Å². The maximum Gasteiger partial charge on any atom is 0.184 e. The predicted molar refractivity (Wildman–Crippen MR) is 66.8 cm³/mol. The number of nitrogens with zero attached hydrogens (tertiary/aromatic N) is 2. The van der Waals surface area contributed by atoms with Crippen molar-refractivity contribution in [3.05, 3.63) is 29.6 Å². The van der Waals surface area contributed by atoms with Gasteiger partial charge in [-0.3, -0.25) is 0 Å². The van der Waals surface area contributed by atoms with Crippen molar-refractivity contribution in [3.63, 3.8) is 0 Å². The Bertz CT molecular complexity index is 629. The summed E-state index contributed by atoms with van der Waals surface area (Å²) in [6.45, 7) is 3.81. The van der Waals surface area contributed by atoms with Gasteiger partial charge in [0.15, 0.2) is 11.6 Å². The van der Waals surface area contributed by atoms with Crippen LogP contribution in [0.25, 0.3) is 11.0 Å². The summed E-state index contributed by atoms with van der Waals surface area (Å²) >= 11 is 6.11. The highest BCUT2D eigenvalue weighted by Crippen LogP contribution is 2.47. The molecule has 1 aromatic carbocycles. The van der Waals surface area contributed by atoms with Crippen molar-refractivity contribution < 1.29 is 8.78 Å². The number of fused-ring (bicyclic) bond motifs is 1. The minimum atomic E-state index is -0.846. The van der Waals surface area contributed by atoms with Crippen LogP contribution in [0.3, 0.4) is 0 Å². The lowest BCUT2D eigenvalue weighted by molar-refractivity contribution is 0.486. The molecule has 1 atom stereocenters. The van der Waals surface area contributed by atoms with E-state index in [4.69, 9.17) is 11.6 Å². The summed E-state index contributed by atoms with van der Waals surface area (Å²) in [5.74, 6) is -1.07. The molecule has 1 unspecified atom stereocenters. The van der Waals surface area contributed by atoms with Crippen molar-refractivity contribution in [2.75, 3.05) is 0 Å². The van der Waals surface area contributed by atoms with Crippen LogP contribution in [-0.2, 0) is 5.54 Å². The molecule has 0 radical (unpaired) electrons. The fourth-order valence-corrected chi connectivity index (χ4v) is 2.48. The lowest BCUT2D eigenvalue weighted by Crippen LogP contribution is -2.17. The second kappa shape index (κ2) is 3.67. The van der Waals surface area contributed by atoms with Crippen molar-refractivity contribution in [1.29, 1.82) is 0 Å². The van der Waals surface area contributed by atoms with Crippen molar-refractivity contribution >= 4 is 22.6 Å². The molecule has 5 heteroatoms. The summed E-state index contributed by atoms with van der Waals surface area (Å²) in [5, 5.41) is -0.336. The van der Waals surface area contributed by atoms with Gasteiger partial charge in [0.25, 0.3) is 0 Å². The minimum absolute atomic E-state index is 0.179. The smallest absolute Gasteiger partial charge is 0.184 e.